The van der Waals surface area contributed by atoms with Crippen molar-refractivity contribution in [2.75, 3.05) is 27.2 Å². The quantitative estimate of drug-likeness (QED) is 0.698. The van der Waals surface area contributed by atoms with Gasteiger partial charge in [-0.2, -0.15) is 0 Å². The molecule has 0 saturated heterocycles. The van der Waals surface area contributed by atoms with E-state index < -0.39 is 0 Å². The first-order valence-corrected chi connectivity index (χ1v) is 6.19. The van der Waals surface area contributed by atoms with Crippen molar-refractivity contribution in [3.05, 3.63) is 23.9 Å². The molecule has 0 aromatic rings. The lowest BCUT2D eigenvalue weighted by Crippen LogP contribution is -2.23. The number of allylic oxidation sites excluding steroid dienone is 2. The van der Waals surface area contributed by atoms with Gasteiger partial charge in [0.15, 0.2) is 0 Å². The Morgan fingerprint density at radius 2 is 1.88 bits per heavy atom. The minimum Gasteiger partial charge on any atom is -0.391 e. The van der Waals surface area contributed by atoms with Gasteiger partial charge in [0.25, 0.3) is 0 Å². The van der Waals surface area contributed by atoms with Crippen LogP contribution in [0, 0.1) is 0 Å². The fraction of sp³-hybridized carbons (Fsp3) is 0.714. The zero-order chi connectivity index (χ0) is 13.0. The van der Waals surface area contributed by atoms with Crippen LogP contribution in [0.3, 0.4) is 0 Å². The maximum Gasteiger partial charge on any atom is 0.0207 e. The number of hydrogen-bond donors (Lipinski definition) is 1. The van der Waals surface area contributed by atoms with Crippen LogP contribution in [0.15, 0.2) is 23.9 Å². The standard InChI is InChI=1S/C11H24N2.C3H6/c1-6-8-13(5)9-10(3)11(7-2)12-4;1-3-2/h12H,6-9H2,1-5H3;3H,1H2,2H3/b11-10+;. The Kier molecular flexibility index (Phi) is 13.6. The molecule has 0 spiro atoms. The molecule has 0 aliphatic carbocycles. The van der Waals surface area contributed by atoms with Gasteiger partial charge in [0.05, 0.1) is 0 Å². The third-order valence-corrected chi connectivity index (χ3v) is 2.28. The summed E-state index contributed by atoms with van der Waals surface area (Å²) in [6, 6.07) is 0. The van der Waals surface area contributed by atoms with Crippen molar-refractivity contribution in [1.82, 2.24) is 10.2 Å². The molecule has 0 unspecified atom stereocenters. The summed E-state index contributed by atoms with van der Waals surface area (Å²) < 4.78 is 0. The number of rotatable bonds is 6. The molecule has 0 heterocycles. The van der Waals surface area contributed by atoms with Crippen molar-refractivity contribution in [2.24, 2.45) is 0 Å². The van der Waals surface area contributed by atoms with E-state index in [9.17, 15) is 0 Å². The second-order valence-corrected chi connectivity index (χ2v) is 4.01. The van der Waals surface area contributed by atoms with Crippen LogP contribution in [-0.2, 0) is 0 Å². The van der Waals surface area contributed by atoms with Crippen LogP contribution >= 0.6 is 0 Å². The lowest BCUT2D eigenvalue weighted by molar-refractivity contribution is 0.360. The van der Waals surface area contributed by atoms with Gasteiger partial charge in [-0.1, -0.05) is 19.9 Å². The lowest BCUT2D eigenvalue weighted by atomic mass is 10.2. The van der Waals surface area contributed by atoms with Crippen molar-refractivity contribution in [2.45, 2.75) is 40.5 Å². The highest BCUT2D eigenvalue weighted by Gasteiger charge is 2.01. The smallest absolute Gasteiger partial charge is 0.0207 e. The molecule has 0 aliphatic rings. The van der Waals surface area contributed by atoms with E-state index in [1.807, 2.05) is 14.0 Å². The first-order valence-electron chi connectivity index (χ1n) is 6.19. The number of nitrogens with zero attached hydrogens (tertiary/aromatic N) is 1. The number of nitrogens with one attached hydrogen (secondary N) is 1. The average Bonchev–Trinajstić information content (AvgIpc) is 2.20. The Hall–Kier alpha value is -0.760. The van der Waals surface area contributed by atoms with Gasteiger partial charge < -0.3 is 10.2 Å². The summed E-state index contributed by atoms with van der Waals surface area (Å²) in [4.78, 5) is 2.36. The SMILES string of the molecule is C=CC.CCCN(C)C/C(C)=C(\CC)NC. The van der Waals surface area contributed by atoms with Gasteiger partial charge >= 0.3 is 0 Å². The van der Waals surface area contributed by atoms with E-state index in [4.69, 9.17) is 0 Å². The normalized spacial score (nSPS) is 11.4. The van der Waals surface area contributed by atoms with Crippen LogP contribution in [-0.4, -0.2) is 32.1 Å². The average molecular weight is 226 g/mol. The molecule has 0 fully saturated rings. The molecule has 16 heavy (non-hydrogen) atoms. The fourth-order valence-corrected chi connectivity index (χ4v) is 1.65. The Morgan fingerprint density at radius 1 is 1.38 bits per heavy atom. The predicted octanol–water partition coefficient (Wildman–Crippen LogP) is 3.42. The third kappa shape index (κ3) is 9.78. The summed E-state index contributed by atoms with van der Waals surface area (Å²) in [5.41, 5.74) is 2.84. The second kappa shape index (κ2) is 12.3. The first-order chi connectivity index (χ1) is 7.56. The molecule has 0 radical (unpaired) electrons. The van der Waals surface area contributed by atoms with Gasteiger partial charge in [-0.15, -0.1) is 6.58 Å². The summed E-state index contributed by atoms with van der Waals surface area (Å²) in [6.45, 7) is 14.1. The van der Waals surface area contributed by atoms with Crippen LogP contribution in [0.2, 0.25) is 0 Å². The summed E-state index contributed by atoms with van der Waals surface area (Å²) in [6.07, 6.45) is 4.08. The number of likely N-dealkylation sites (N-methyl/N-ethyl adjacent to an activating group) is 1. The van der Waals surface area contributed by atoms with E-state index in [0.29, 0.717) is 0 Å². The van der Waals surface area contributed by atoms with E-state index in [1.54, 1.807) is 6.08 Å². The zero-order valence-corrected chi connectivity index (χ0v) is 12.1. The van der Waals surface area contributed by atoms with E-state index in [2.05, 4.69) is 44.6 Å². The highest BCUT2D eigenvalue weighted by atomic mass is 15.1. The Labute approximate surface area is 102 Å². The minimum atomic E-state index is 1.08. The Morgan fingerprint density at radius 3 is 2.19 bits per heavy atom. The first kappa shape index (κ1) is 17.6. The molecule has 0 amide bonds. The van der Waals surface area contributed by atoms with Crippen LogP contribution in [0.5, 0.6) is 0 Å². The van der Waals surface area contributed by atoms with Crippen molar-refractivity contribution in [3.63, 3.8) is 0 Å². The van der Waals surface area contributed by atoms with E-state index >= 15 is 0 Å². The van der Waals surface area contributed by atoms with Gasteiger partial charge in [-0.3, -0.25) is 0 Å². The predicted molar refractivity (Wildman–Crippen MR) is 75.7 cm³/mol. The molecular formula is C14H30N2. The second-order valence-electron chi connectivity index (χ2n) is 4.01. The highest BCUT2D eigenvalue weighted by Crippen LogP contribution is 2.05. The molecule has 0 aromatic carbocycles. The van der Waals surface area contributed by atoms with Gasteiger partial charge in [-0.05, 0) is 45.9 Å². The molecule has 2 heteroatoms. The van der Waals surface area contributed by atoms with Crippen LogP contribution < -0.4 is 5.32 Å². The van der Waals surface area contributed by atoms with Gasteiger partial charge in [-0.25, -0.2) is 0 Å². The fourth-order valence-electron chi connectivity index (χ4n) is 1.65. The van der Waals surface area contributed by atoms with Crippen molar-refractivity contribution >= 4 is 0 Å². The van der Waals surface area contributed by atoms with Crippen molar-refractivity contribution in [1.29, 1.82) is 0 Å². The van der Waals surface area contributed by atoms with Gasteiger partial charge in [0.2, 0.25) is 0 Å². The van der Waals surface area contributed by atoms with Crippen molar-refractivity contribution < 1.29 is 0 Å². The minimum absolute atomic E-state index is 1.08. The molecule has 0 aliphatic heterocycles. The van der Waals surface area contributed by atoms with Crippen LogP contribution in [0.25, 0.3) is 0 Å². The molecule has 0 atom stereocenters. The highest BCUT2D eigenvalue weighted by molar-refractivity contribution is 5.10. The van der Waals surface area contributed by atoms with E-state index in [0.717, 1.165) is 13.0 Å². The molecule has 2 nitrogen and oxygen atoms in total. The molecule has 0 bridgehead atoms. The van der Waals surface area contributed by atoms with E-state index in [1.165, 1.54) is 24.2 Å². The van der Waals surface area contributed by atoms with E-state index in [-0.39, 0.29) is 0 Å². The number of hydrogen-bond acceptors (Lipinski definition) is 2. The molecule has 0 rings (SSSR count). The van der Waals surface area contributed by atoms with Crippen LogP contribution in [0.1, 0.15) is 40.5 Å². The summed E-state index contributed by atoms with van der Waals surface area (Å²) in [5, 5.41) is 3.25. The molecule has 0 saturated carbocycles. The summed E-state index contributed by atoms with van der Waals surface area (Å²) in [7, 11) is 4.18. The topological polar surface area (TPSA) is 15.3 Å². The summed E-state index contributed by atoms with van der Waals surface area (Å²) >= 11 is 0. The third-order valence-electron chi connectivity index (χ3n) is 2.28. The monoisotopic (exact) mass is 226 g/mol. The maximum atomic E-state index is 3.36. The largest absolute Gasteiger partial charge is 0.391 e. The maximum absolute atomic E-state index is 3.36. The molecule has 1 N–H and O–H groups in total. The Balaban J connectivity index is 0. The van der Waals surface area contributed by atoms with Crippen LogP contribution in [0.4, 0.5) is 0 Å². The molecule has 0 aromatic heterocycles. The van der Waals surface area contributed by atoms with Gasteiger partial charge in [0.1, 0.15) is 0 Å². The Bertz CT molecular complexity index is 189. The van der Waals surface area contributed by atoms with Crippen molar-refractivity contribution in [3.8, 4) is 0 Å². The lowest BCUT2D eigenvalue weighted by Gasteiger charge is -2.18. The zero-order valence-electron chi connectivity index (χ0n) is 12.1. The molecular weight excluding hydrogens is 196 g/mol. The molecule has 96 valence electrons. The summed E-state index contributed by atoms with van der Waals surface area (Å²) in [5.74, 6) is 0. The van der Waals surface area contributed by atoms with Gasteiger partial charge in [0, 0.05) is 19.3 Å².